The van der Waals surface area contributed by atoms with Crippen molar-refractivity contribution in [3.63, 3.8) is 0 Å². The van der Waals surface area contributed by atoms with Gasteiger partial charge in [-0.25, -0.2) is 4.39 Å². The third-order valence-corrected chi connectivity index (χ3v) is 3.64. The summed E-state index contributed by atoms with van der Waals surface area (Å²) in [4.78, 5) is 0. The summed E-state index contributed by atoms with van der Waals surface area (Å²) in [5.74, 6) is -0.159. The summed E-state index contributed by atoms with van der Waals surface area (Å²) in [5, 5.41) is 3.47. The van der Waals surface area contributed by atoms with Crippen molar-refractivity contribution < 1.29 is 4.39 Å². The fraction of sp³-hybridized carbons (Fsp3) is 0.368. The third kappa shape index (κ3) is 4.40. The van der Waals surface area contributed by atoms with Crippen LogP contribution in [0.15, 0.2) is 36.4 Å². The molecule has 0 spiro atoms. The molecule has 0 amide bonds. The Morgan fingerprint density at radius 2 is 1.52 bits per heavy atom. The molecule has 1 unspecified atom stereocenters. The van der Waals surface area contributed by atoms with Crippen LogP contribution in [0.25, 0.3) is 0 Å². The van der Waals surface area contributed by atoms with Gasteiger partial charge in [0, 0.05) is 6.04 Å². The second-order valence-electron chi connectivity index (χ2n) is 5.87. The highest BCUT2D eigenvalue weighted by Gasteiger charge is 2.13. The molecule has 2 aromatic rings. The molecule has 1 nitrogen and oxygen atoms in total. The van der Waals surface area contributed by atoms with Crippen LogP contribution in [0.3, 0.4) is 0 Å². The first-order valence-corrected chi connectivity index (χ1v) is 7.55. The fourth-order valence-corrected chi connectivity index (χ4v) is 2.94. The van der Waals surface area contributed by atoms with E-state index in [1.54, 1.807) is 12.1 Å². The molecule has 2 heteroatoms. The molecule has 0 bridgehead atoms. The second kappa shape index (κ2) is 6.86. The van der Waals surface area contributed by atoms with Crippen molar-refractivity contribution >= 4 is 0 Å². The van der Waals surface area contributed by atoms with Crippen LogP contribution in [0.2, 0.25) is 0 Å². The number of halogens is 1. The molecular formula is C19H24FN. The zero-order valence-electron chi connectivity index (χ0n) is 13.3. The van der Waals surface area contributed by atoms with Crippen molar-refractivity contribution in [3.05, 3.63) is 70.0 Å². The lowest BCUT2D eigenvalue weighted by molar-refractivity contribution is 0.542. The van der Waals surface area contributed by atoms with Crippen LogP contribution in [-0.2, 0) is 6.42 Å². The van der Waals surface area contributed by atoms with E-state index in [9.17, 15) is 4.39 Å². The molecule has 0 radical (unpaired) electrons. The van der Waals surface area contributed by atoms with Gasteiger partial charge in [-0.1, -0.05) is 42.3 Å². The molecule has 0 aliphatic heterocycles. The molecular weight excluding hydrogens is 261 g/mol. The summed E-state index contributed by atoms with van der Waals surface area (Å²) in [6, 6.07) is 12.0. The average Bonchev–Trinajstić information content (AvgIpc) is 2.35. The summed E-state index contributed by atoms with van der Waals surface area (Å²) < 4.78 is 13.7. The van der Waals surface area contributed by atoms with Crippen LogP contribution in [-0.4, -0.2) is 6.54 Å². The Bertz CT molecular complexity index is 578. The number of rotatable bonds is 5. The maximum Gasteiger partial charge on any atom is 0.123 e. The highest BCUT2D eigenvalue weighted by Crippen LogP contribution is 2.22. The topological polar surface area (TPSA) is 12.0 Å². The lowest BCUT2D eigenvalue weighted by Crippen LogP contribution is -2.23. The summed E-state index contributed by atoms with van der Waals surface area (Å²) in [5.41, 5.74) is 5.83. The highest BCUT2D eigenvalue weighted by molar-refractivity contribution is 5.32. The van der Waals surface area contributed by atoms with Crippen LogP contribution >= 0.6 is 0 Å². The molecule has 2 aromatic carbocycles. The van der Waals surface area contributed by atoms with Crippen molar-refractivity contribution in [1.82, 2.24) is 5.32 Å². The van der Waals surface area contributed by atoms with E-state index in [1.165, 1.54) is 16.7 Å². The zero-order chi connectivity index (χ0) is 15.4. The molecule has 0 saturated heterocycles. The summed E-state index contributed by atoms with van der Waals surface area (Å²) in [6.45, 7) is 9.12. The lowest BCUT2D eigenvalue weighted by atomic mass is 9.95. The molecule has 2 rings (SSSR count). The minimum Gasteiger partial charge on any atom is -0.310 e. The molecule has 21 heavy (non-hydrogen) atoms. The normalized spacial score (nSPS) is 12.4. The van der Waals surface area contributed by atoms with Gasteiger partial charge in [0.15, 0.2) is 0 Å². The largest absolute Gasteiger partial charge is 0.310 e. The molecule has 0 saturated carbocycles. The van der Waals surface area contributed by atoms with Crippen LogP contribution in [0.4, 0.5) is 4.39 Å². The number of aryl methyl sites for hydroxylation is 3. The van der Waals surface area contributed by atoms with Gasteiger partial charge >= 0.3 is 0 Å². The van der Waals surface area contributed by atoms with Crippen LogP contribution in [0, 0.1) is 26.6 Å². The molecule has 0 aliphatic carbocycles. The van der Waals surface area contributed by atoms with Crippen molar-refractivity contribution in [2.24, 2.45) is 0 Å². The van der Waals surface area contributed by atoms with E-state index in [0.29, 0.717) is 0 Å². The third-order valence-electron chi connectivity index (χ3n) is 3.64. The molecule has 0 heterocycles. The van der Waals surface area contributed by atoms with Gasteiger partial charge in [-0.05, 0) is 62.6 Å². The van der Waals surface area contributed by atoms with Gasteiger partial charge in [-0.3, -0.25) is 0 Å². The number of hydrogen-bond donors (Lipinski definition) is 1. The number of likely N-dealkylation sites (N-methyl/N-ethyl adjacent to an activating group) is 1. The van der Waals surface area contributed by atoms with E-state index >= 15 is 0 Å². The predicted molar refractivity (Wildman–Crippen MR) is 87.2 cm³/mol. The SMILES string of the molecule is CCNC(Cc1cc(C)cc(C)c1)c1cc(C)cc(F)c1. The van der Waals surface area contributed by atoms with E-state index in [1.807, 2.05) is 6.92 Å². The minimum atomic E-state index is -0.159. The van der Waals surface area contributed by atoms with Gasteiger partial charge in [0.05, 0.1) is 0 Å². The van der Waals surface area contributed by atoms with Gasteiger partial charge in [0.25, 0.3) is 0 Å². The second-order valence-corrected chi connectivity index (χ2v) is 5.87. The van der Waals surface area contributed by atoms with E-state index in [2.05, 4.69) is 50.4 Å². The first-order valence-electron chi connectivity index (χ1n) is 7.55. The molecule has 0 fully saturated rings. The first kappa shape index (κ1) is 15.7. The van der Waals surface area contributed by atoms with Gasteiger partial charge in [-0.2, -0.15) is 0 Å². The zero-order valence-corrected chi connectivity index (χ0v) is 13.3. The van der Waals surface area contributed by atoms with E-state index < -0.39 is 0 Å². The Balaban J connectivity index is 2.30. The summed E-state index contributed by atoms with van der Waals surface area (Å²) >= 11 is 0. The quantitative estimate of drug-likeness (QED) is 0.843. The molecule has 1 N–H and O–H groups in total. The first-order chi connectivity index (χ1) is 9.97. The van der Waals surface area contributed by atoms with Crippen molar-refractivity contribution in [2.45, 2.75) is 40.2 Å². The highest BCUT2D eigenvalue weighted by atomic mass is 19.1. The number of nitrogens with one attached hydrogen (secondary N) is 1. The van der Waals surface area contributed by atoms with Crippen LogP contribution in [0.5, 0.6) is 0 Å². The lowest BCUT2D eigenvalue weighted by Gasteiger charge is -2.20. The summed E-state index contributed by atoms with van der Waals surface area (Å²) in [6.07, 6.45) is 0.874. The Hall–Kier alpha value is -1.67. The smallest absolute Gasteiger partial charge is 0.123 e. The minimum absolute atomic E-state index is 0.144. The van der Waals surface area contributed by atoms with Crippen LogP contribution in [0.1, 0.15) is 40.8 Å². The Morgan fingerprint density at radius 3 is 2.10 bits per heavy atom. The molecule has 1 atom stereocenters. The molecule has 0 aromatic heterocycles. The van der Waals surface area contributed by atoms with Crippen molar-refractivity contribution in [3.8, 4) is 0 Å². The Kier molecular flexibility index (Phi) is 5.13. The standard InChI is InChI=1S/C19H24FN/c1-5-21-19(17-9-15(4)10-18(20)12-17)11-16-7-13(2)6-14(3)8-16/h6-10,12,19,21H,5,11H2,1-4H3. The van der Waals surface area contributed by atoms with Gasteiger partial charge in [0.2, 0.25) is 0 Å². The predicted octanol–water partition coefficient (Wildman–Crippen LogP) is 4.64. The summed E-state index contributed by atoms with van der Waals surface area (Å²) in [7, 11) is 0. The van der Waals surface area contributed by atoms with Crippen molar-refractivity contribution in [2.75, 3.05) is 6.54 Å². The monoisotopic (exact) mass is 285 g/mol. The molecule has 112 valence electrons. The van der Waals surface area contributed by atoms with Gasteiger partial charge in [-0.15, -0.1) is 0 Å². The number of hydrogen-bond acceptors (Lipinski definition) is 1. The molecule has 0 aliphatic rings. The van der Waals surface area contributed by atoms with Crippen molar-refractivity contribution in [1.29, 1.82) is 0 Å². The Morgan fingerprint density at radius 1 is 0.905 bits per heavy atom. The average molecular weight is 285 g/mol. The van der Waals surface area contributed by atoms with Gasteiger partial charge < -0.3 is 5.32 Å². The maximum atomic E-state index is 13.7. The fourth-order valence-electron chi connectivity index (χ4n) is 2.94. The Labute approximate surface area is 127 Å². The van der Waals surface area contributed by atoms with E-state index in [4.69, 9.17) is 0 Å². The van der Waals surface area contributed by atoms with E-state index in [0.717, 1.165) is 24.1 Å². The van der Waals surface area contributed by atoms with Gasteiger partial charge in [0.1, 0.15) is 5.82 Å². The van der Waals surface area contributed by atoms with E-state index in [-0.39, 0.29) is 11.9 Å². The maximum absolute atomic E-state index is 13.7. The van der Waals surface area contributed by atoms with Crippen LogP contribution < -0.4 is 5.32 Å². The number of benzene rings is 2.